The predicted octanol–water partition coefficient (Wildman–Crippen LogP) is 4.43. The fourth-order valence-electron chi connectivity index (χ4n) is 8.71. The van der Waals surface area contributed by atoms with E-state index in [4.69, 9.17) is 15.6 Å². The molecule has 1 saturated carbocycles. The van der Waals surface area contributed by atoms with Gasteiger partial charge in [0, 0.05) is 88.3 Å². The van der Waals surface area contributed by atoms with Gasteiger partial charge in [-0.2, -0.15) is 0 Å². The molecule has 15 nitrogen and oxygen atoms in total. The van der Waals surface area contributed by atoms with Crippen LogP contribution in [0.15, 0.2) is 36.6 Å². The number of nitrogens with one attached hydrogen (secondary N) is 2. The van der Waals surface area contributed by atoms with Gasteiger partial charge in [0.2, 0.25) is 11.8 Å². The van der Waals surface area contributed by atoms with Crippen LogP contribution in [-0.4, -0.2) is 131 Å². The van der Waals surface area contributed by atoms with Crippen molar-refractivity contribution in [2.45, 2.75) is 108 Å². The molecule has 5 aliphatic rings. The number of aliphatic carboxylic acids is 1. The van der Waals surface area contributed by atoms with Gasteiger partial charge in [-0.25, -0.2) is 40.3 Å². The van der Waals surface area contributed by atoms with E-state index < -0.39 is 76.2 Å². The third-order valence-corrected chi connectivity index (χ3v) is 12.0. The standard InChI is InChI=1S/C21H28F3N3O3.C20H23F4N3O2.C4H4O4/c1-21(2,3)30-20(29)26-14(6-13-7-16(23)17(24)9-15(13)22)8-19(28)27-5-4-12-10-25-11-18(12)27;21-14-8-16(23)15(22)6-12(14)5-13(25)7-18(28)27-4-1-11-9-26(10-17(11)27)19(29)20(24)2-3-20;5-3-8-2-1-4(6)7/h7,9,12,14,18,25H,4-6,8,10-11H2,1-3H3,(H,26,29);6,8,11,13,17H,1-5,7,9-10,25H2;1-3H,(H,6,7)/b;;2-1+/t12-,14+,18+;11-,13+,17+;/m00./s1. The second-order valence-electron chi connectivity index (χ2n) is 18.2. The topological polar surface area (TPSA) is 201 Å². The van der Waals surface area contributed by atoms with E-state index in [9.17, 15) is 59.5 Å². The first-order chi connectivity index (χ1) is 31.5. The van der Waals surface area contributed by atoms with Crippen LogP contribution in [0.25, 0.3) is 0 Å². The molecule has 4 amide bonds. The summed E-state index contributed by atoms with van der Waals surface area (Å²) in [6.07, 6.45) is 2.45. The number of carbonyl (C=O) groups is 6. The summed E-state index contributed by atoms with van der Waals surface area (Å²) in [5, 5.41) is 13.7. The lowest BCUT2D eigenvalue weighted by Crippen LogP contribution is -2.46. The Balaban J connectivity index is 0.000000216. The van der Waals surface area contributed by atoms with Crippen LogP contribution in [-0.2, 0) is 46.3 Å². The molecule has 4 aliphatic heterocycles. The van der Waals surface area contributed by atoms with Crippen LogP contribution in [0.3, 0.4) is 0 Å². The maximum atomic E-state index is 14.2. The number of hydrogen-bond donors (Lipinski definition) is 4. The molecular formula is C45H55F7N6O9. The highest BCUT2D eigenvalue weighted by molar-refractivity contribution is 5.88. The van der Waals surface area contributed by atoms with Gasteiger partial charge in [-0.15, -0.1) is 0 Å². The van der Waals surface area contributed by atoms with Crippen molar-refractivity contribution in [1.29, 1.82) is 0 Å². The SMILES string of the molecule is CC(C)(C)OC(=O)N[C@@H](CC(=O)N1CC[C@H]2CNC[C@H]21)Cc1cc(F)c(F)cc1F.N[C@@H](CC(=O)N1CC[C@H]2CN(C(=O)C3(F)CC3)C[C@H]21)Cc1cc(F)c(F)cc1F.O=CO/C=C/C(=O)O. The number of likely N-dealkylation sites (tertiary alicyclic amines) is 3. The summed E-state index contributed by atoms with van der Waals surface area (Å²) in [6, 6.07) is 0.789. The molecule has 22 heteroatoms. The molecule has 4 saturated heterocycles. The minimum absolute atomic E-state index is 0.0807. The zero-order valence-electron chi connectivity index (χ0n) is 37.2. The Hall–Kier alpha value is -5.77. The molecule has 0 radical (unpaired) electrons. The second-order valence-corrected chi connectivity index (χ2v) is 18.2. The Morgan fingerprint density at radius 2 is 1.37 bits per heavy atom. The molecule has 0 aromatic heterocycles. The third-order valence-electron chi connectivity index (χ3n) is 12.0. The van der Waals surface area contributed by atoms with Gasteiger partial charge in [-0.3, -0.25) is 19.2 Å². The van der Waals surface area contributed by atoms with Crippen molar-refractivity contribution in [3.05, 3.63) is 82.6 Å². The Morgan fingerprint density at radius 3 is 1.94 bits per heavy atom. The molecule has 0 bridgehead atoms. The highest BCUT2D eigenvalue weighted by atomic mass is 19.2. The van der Waals surface area contributed by atoms with Crippen molar-refractivity contribution < 1.29 is 74.1 Å². The zero-order chi connectivity index (χ0) is 49.4. The highest BCUT2D eigenvalue weighted by Crippen LogP contribution is 2.43. The van der Waals surface area contributed by atoms with Gasteiger partial charge in [0.25, 0.3) is 12.4 Å². The summed E-state index contributed by atoms with van der Waals surface area (Å²) >= 11 is 0. The molecule has 0 unspecified atom stereocenters. The minimum atomic E-state index is -1.72. The van der Waals surface area contributed by atoms with E-state index in [0.717, 1.165) is 44.3 Å². The maximum Gasteiger partial charge on any atom is 0.407 e. The highest BCUT2D eigenvalue weighted by Gasteiger charge is 2.56. The molecule has 368 valence electrons. The minimum Gasteiger partial charge on any atom is -0.478 e. The van der Waals surface area contributed by atoms with E-state index in [2.05, 4.69) is 15.4 Å². The first-order valence-corrected chi connectivity index (χ1v) is 21.8. The number of alkyl carbamates (subject to hydrolysis) is 1. The van der Waals surface area contributed by atoms with Crippen LogP contribution < -0.4 is 16.4 Å². The summed E-state index contributed by atoms with van der Waals surface area (Å²) in [5.74, 6) is -8.26. The number of fused-ring (bicyclic) bond motifs is 2. The number of ether oxygens (including phenoxy) is 2. The second kappa shape index (κ2) is 22.4. The van der Waals surface area contributed by atoms with Crippen LogP contribution in [0, 0.1) is 46.7 Å². The Morgan fingerprint density at radius 1 is 0.821 bits per heavy atom. The smallest absolute Gasteiger partial charge is 0.407 e. The van der Waals surface area contributed by atoms with Crippen LogP contribution in [0.4, 0.5) is 35.5 Å². The van der Waals surface area contributed by atoms with Gasteiger partial charge in [0.15, 0.2) is 28.9 Å². The van der Waals surface area contributed by atoms with Crippen LogP contribution in [0.2, 0.25) is 0 Å². The van der Waals surface area contributed by atoms with E-state index in [0.29, 0.717) is 50.3 Å². The number of carbonyl (C=O) groups excluding carboxylic acids is 5. The van der Waals surface area contributed by atoms with E-state index in [1.54, 1.807) is 30.6 Å². The number of nitrogens with zero attached hydrogens (tertiary/aromatic N) is 3. The fraction of sp³-hybridized carbons (Fsp3) is 0.556. The van der Waals surface area contributed by atoms with Gasteiger partial charge >= 0.3 is 12.1 Å². The van der Waals surface area contributed by atoms with Gasteiger partial charge in [0.1, 0.15) is 23.5 Å². The number of rotatable bonds is 13. The van der Waals surface area contributed by atoms with Crippen molar-refractivity contribution in [1.82, 2.24) is 25.3 Å². The van der Waals surface area contributed by atoms with E-state index in [-0.39, 0.29) is 85.9 Å². The number of halogens is 7. The lowest BCUT2D eigenvalue weighted by atomic mass is 10.0. The fourth-order valence-corrected chi connectivity index (χ4v) is 8.71. The third kappa shape index (κ3) is 14.4. The molecule has 6 atom stereocenters. The monoisotopic (exact) mass is 956 g/mol. The number of carboxylic acids is 1. The van der Waals surface area contributed by atoms with Crippen molar-refractivity contribution >= 4 is 36.3 Å². The molecule has 5 fully saturated rings. The lowest BCUT2D eigenvalue weighted by molar-refractivity contribution is -0.138. The van der Waals surface area contributed by atoms with Crippen LogP contribution in [0.1, 0.15) is 70.4 Å². The summed E-state index contributed by atoms with van der Waals surface area (Å²) in [7, 11) is 0. The molecule has 67 heavy (non-hydrogen) atoms. The predicted molar refractivity (Wildman–Crippen MR) is 224 cm³/mol. The number of carboxylic acid groups (broad SMARTS) is 1. The van der Waals surface area contributed by atoms with Crippen molar-refractivity contribution in [2.75, 3.05) is 39.3 Å². The normalized spacial score (nSPS) is 22.1. The average molecular weight is 957 g/mol. The number of alkyl halides is 1. The van der Waals surface area contributed by atoms with Crippen LogP contribution >= 0.6 is 0 Å². The van der Waals surface area contributed by atoms with Crippen molar-refractivity contribution in [3.8, 4) is 0 Å². The Kier molecular flexibility index (Phi) is 17.4. The summed E-state index contributed by atoms with van der Waals surface area (Å²) in [4.78, 5) is 74.0. The Bertz CT molecular complexity index is 2190. The van der Waals surface area contributed by atoms with Crippen molar-refractivity contribution in [2.24, 2.45) is 17.6 Å². The quantitative estimate of drug-likeness (QED) is 0.0728. The van der Waals surface area contributed by atoms with Gasteiger partial charge < -0.3 is 45.6 Å². The van der Waals surface area contributed by atoms with E-state index in [1.807, 2.05) is 0 Å². The van der Waals surface area contributed by atoms with Crippen LogP contribution in [0.5, 0.6) is 0 Å². The zero-order valence-corrected chi connectivity index (χ0v) is 37.2. The number of amides is 4. The van der Waals surface area contributed by atoms with E-state index >= 15 is 0 Å². The number of hydrogen-bond acceptors (Lipinski definition) is 10. The lowest BCUT2D eigenvalue weighted by Gasteiger charge is -2.27. The molecule has 1 aliphatic carbocycles. The molecule has 2 aromatic carbocycles. The van der Waals surface area contributed by atoms with Gasteiger partial charge in [-0.05, 0) is 88.5 Å². The summed E-state index contributed by atoms with van der Waals surface area (Å²) < 4.78 is 104. The number of benzene rings is 2. The summed E-state index contributed by atoms with van der Waals surface area (Å²) in [6.45, 7) is 8.74. The molecule has 0 spiro atoms. The number of nitrogens with two attached hydrogens (primary N) is 1. The van der Waals surface area contributed by atoms with Crippen molar-refractivity contribution in [3.63, 3.8) is 0 Å². The first-order valence-electron chi connectivity index (χ1n) is 21.8. The molecule has 4 heterocycles. The van der Waals surface area contributed by atoms with E-state index in [1.165, 1.54) is 4.90 Å². The molecule has 7 rings (SSSR count). The van der Waals surface area contributed by atoms with Gasteiger partial charge in [-0.1, -0.05) is 0 Å². The van der Waals surface area contributed by atoms with Gasteiger partial charge in [0.05, 0.1) is 12.1 Å². The Labute approximate surface area is 382 Å². The first kappa shape index (κ1) is 52.2. The largest absolute Gasteiger partial charge is 0.478 e. The summed E-state index contributed by atoms with van der Waals surface area (Å²) in [5.41, 5.74) is 3.28. The maximum absolute atomic E-state index is 14.2. The average Bonchev–Trinajstić information content (AvgIpc) is 3.65. The molecule has 5 N–H and O–H groups in total. The molecular weight excluding hydrogens is 902 g/mol. The molecule has 2 aromatic rings.